The van der Waals surface area contributed by atoms with Gasteiger partial charge in [-0.25, -0.2) is 14.9 Å². The number of aliphatic imine (C=N–C) groups is 1. The van der Waals surface area contributed by atoms with Gasteiger partial charge in [0.25, 0.3) is 5.91 Å². The highest BCUT2D eigenvalue weighted by atomic mass is 35.5. The number of nitrogens with zero attached hydrogens (tertiary/aromatic N) is 2. The first-order valence-corrected chi connectivity index (χ1v) is 11.3. The molecule has 2 aliphatic rings. The van der Waals surface area contributed by atoms with Gasteiger partial charge in [-0.1, -0.05) is 59.6 Å². The van der Waals surface area contributed by atoms with Crippen LogP contribution >= 0.6 is 23.2 Å². The van der Waals surface area contributed by atoms with Crippen molar-refractivity contribution in [2.24, 2.45) is 4.99 Å². The zero-order chi connectivity index (χ0) is 24.8. The fourth-order valence-corrected chi connectivity index (χ4v) is 3.75. The van der Waals surface area contributed by atoms with Crippen molar-refractivity contribution in [2.45, 2.75) is 6.04 Å². The van der Waals surface area contributed by atoms with Crippen LogP contribution < -0.4 is 10.6 Å². The van der Waals surface area contributed by atoms with Crippen LogP contribution in [-0.4, -0.2) is 27.9 Å². The van der Waals surface area contributed by atoms with Crippen LogP contribution in [0.1, 0.15) is 11.6 Å². The number of allylic oxidation sites excluding steroid dienone is 8. The van der Waals surface area contributed by atoms with Gasteiger partial charge in [0.05, 0.1) is 11.4 Å². The number of carbonyl (C=O) groups excluding carboxylic acids is 2. The van der Waals surface area contributed by atoms with Crippen molar-refractivity contribution in [3.63, 3.8) is 0 Å². The minimum Gasteiger partial charge on any atom is -0.322 e. The van der Waals surface area contributed by atoms with E-state index in [1.165, 1.54) is 6.20 Å². The molecule has 1 unspecified atom stereocenters. The molecule has 7 nitrogen and oxygen atoms in total. The second-order valence-corrected chi connectivity index (χ2v) is 8.33. The van der Waals surface area contributed by atoms with E-state index in [0.29, 0.717) is 32.7 Å². The second kappa shape index (κ2) is 11.0. The van der Waals surface area contributed by atoms with Gasteiger partial charge in [0.15, 0.2) is 0 Å². The summed E-state index contributed by atoms with van der Waals surface area (Å²) in [6.07, 6.45) is 13.6. The van der Waals surface area contributed by atoms with Crippen LogP contribution in [0.4, 0.5) is 10.5 Å². The van der Waals surface area contributed by atoms with E-state index in [4.69, 9.17) is 23.2 Å². The van der Waals surface area contributed by atoms with Crippen molar-refractivity contribution >= 4 is 46.5 Å². The van der Waals surface area contributed by atoms with E-state index < -0.39 is 18.0 Å². The van der Waals surface area contributed by atoms with E-state index in [-0.39, 0.29) is 0 Å². The number of rotatable bonds is 4. The molecule has 0 spiro atoms. The molecule has 0 saturated carbocycles. The Hall–Kier alpha value is -3.91. The van der Waals surface area contributed by atoms with Crippen molar-refractivity contribution < 1.29 is 14.8 Å². The third-order valence-corrected chi connectivity index (χ3v) is 5.68. The summed E-state index contributed by atoms with van der Waals surface area (Å²) in [5, 5.41) is 17.2. The van der Waals surface area contributed by atoms with Crippen LogP contribution in [0.3, 0.4) is 0 Å². The Bertz CT molecular complexity index is 1310. The van der Waals surface area contributed by atoms with Gasteiger partial charge in [-0.05, 0) is 54.6 Å². The van der Waals surface area contributed by atoms with Crippen LogP contribution in [-0.2, 0) is 4.79 Å². The summed E-state index contributed by atoms with van der Waals surface area (Å²) in [6.45, 7) is 0. The number of halogens is 2. The molecule has 1 aliphatic carbocycles. The topological polar surface area (TPSA) is 94.0 Å². The van der Waals surface area contributed by atoms with Gasteiger partial charge in [-0.3, -0.25) is 10.0 Å². The molecule has 2 aromatic rings. The van der Waals surface area contributed by atoms with Gasteiger partial charge in [0, 0.05) is 33.1 Å². The third-order valence-electron chi connectivity index (χ3n) is 5.08. The normalized spacial score (nSPS) is 15.3. The van der Waals surface area contributed by atoms with Crippen molar-refractivity contribution in [3.05, 3.63) is 124 Å². The SMILES string of the molecule is O=C(Nc1ccc(Cl)cc1)NC(C(=O)N=C1C=CC(=C2C=CC=CN2O)C=C1)c1ccccc1Cl. The zero-order valence-corrected chi connectivity index (χ0v) is 19.7. The fourth-order valence-electron chi connectivity index (χ4n) is 3.37. The number of amides is 3. The summed E-state index contributed by atoms with van der Waals surface area (Å²) in [5.41, 5.74) is 2.63. The highest BCUT2D eigenvalue weighted by Gasteiger charge is 2.25. The number of urea groups is 1. The molecule has 176 valence electrons. The fraction of sp³-hybridized carbons (Fsp3) is 0.0385. The maximum absolute atomic E-state index is 13.2. The predicted molar refractivity (Wildman–Crippen MR) is 137 cm³/mol. The molecular formula is C26H20Cl2N4O3. The molecule has 2 aromatic carbocycles. The van der Waals surface area contributed by atoms with E-state index in [9.17, 15) is 14.8 Å². The molecule has 9 heteroatoms. The Kier molecular flexibility index (Phi) is 7.62. The highest BCUT2D eigenvalue weighted by Crippen LogP contribution is 2.25. The van der Waals surface area contributed by atoms with E-state index in [2.05, 4.69) is 15.6 Å². The summed E-state index contributed by atoms with van der Waals surface area (Å²) < 4.78 is 0. The van der Waals surface area contributed by atoms with Crippen LogP contribution in [0, 0.1) is 0 Å². The molecule has 0 aromatic heterocycles. The van der Waals surface area contributed by atoms with Crippen LogP contribution in [0.5, 0.6) is 0 Å². The molecule has 0 fully saturated rings. The first-order valence-electron chi connectivity index (χ1n) is 10.5. The number of benzene rings is 2. The van der Waals surface area contributed by atoms with Crippen molar-refractivity contribution in [1.82, 2.24) is 10.4 Å². The molecule has 1 atom stereocenters. The molecule has 1 aliphatic heterocycles. The standard InChI is InChI=1S/C26H20Cl2N4O3/c27-18-10-14-20(15-11-18)30-26(34)31-24(21-5-1-2-6-22(21)28)25(33)29-19-12-8-17(9-13-19)23-7-3-4-16-32(23)35/h1-16,24,35H,(H2,30,31,34). The highest BCUT2D eigenvalue weighted by molar-refractivity contribution is 6.31. The lowest BCUT2D eigenvalue weighted by Gasteiger charge is -2.19. The van der Waals surface area contributed by atoms with Crippen LogP contribution in [0.15, 0.2) is 114 Å². The smallest absolute Gasteiger partial charge is 0.320 e. The Balaban J connectivity index is 1.55. The van der Waals surface area contributed by atoms with E-state index in [1.807, 2.05) is 0 Å². The minimum atomic E-state index is -1.12. The summed E-state index contributed by atoms with van der Waals surface area (Å²) in [7, 11) is 0. The number of hydrogen-bond acceptors (Lipinski definition) is 4. The van der Waals surface area contributed by atoms with Gasteiger partial charge in [0.2, 0.25) is 0 Å². The molecule has 35 heavy (non-hydrogen) atoms. The molecule has 0 radical (unpaired) electrons. The van der Waals surface area contributed by atoms with E-state index in [1.54, 1.807) is 91.1 Å². The third kappa shape index (κ3) is 6.16. The maximum atomic E-state index is 13.2. The molecular weight excluding hydrogens is 487 g/mol. The number of carbonyl (C=O) groups is 2. The van der Waals surface area contributed by atoms with Crippen molar-refractivity contribution in [3.8, 4) is 0 Å². The van der Waals surface area contributed by atoms with E-state index in [0.717, 1.165) is 10.6 Å². The molecule has 1 heterocycles. The molecule has 0 saturated heterocycles. The number of anilines is 1. The molecule has 0 bridgehead atoms. The second-order valence-electron chi connectivity index (χ2n) is 7.49. The number of hydroxylamine groups is 2. The predicted octanol–water partition coefficient (Wildman–Crippen LogP) is 5.98. The summed E-state index contributed by atoms with van der Waals surface area (Å²) in [6, 6.07) is 11.6. The Morgan fingerprint density at radius 2 is 1.63 bits per heavy atom. The van der Waals surface area contributed by atoms with Gasteiger partial charge in [-0.2, -0.15) is 0 Å². The van der Waals surface area contributed by atoms with Gasteiger partial charge < -0.3 is 10.6 Å². The largest absolute Gasteiger partial charge is 0.322 e. The van der Waals surface area contributed by atoms with Gasteiger partial charge >= 0.3 is 6.03 Å². The Labute approximate surface area is 212 Å². The monoisotopic (exact) mass is 506 g/mol. The Morgan fingerprint density at radius 3 is 2.31 bits per heavy atom. The number of hydrogen-bond donors (Lipinski definition) is 3. The maximum Gasteiger partial charge on any atom is 0.320 e. The Morgan fingerprint density at radius 1 is 0.914 bits per heavy atom. The first-order chi connectivity index (χ1) is 16.9. The summed E-state index contributed by atoms with van der Waals surface area (Å²) in [5.74, 6) is -0.603. The summed E-state index contributed by atoms with van der Waals surface area (Å²) in [4.78, 5) is 30.0. The lowest BCUT2D eigenvalue weighted by Crippen LogP contribution is -2.36. The zero-order valence-electron chi connectivity index (χ0n) is 18.2. The van der Waals surface area contributed by atoms with Crippen LogP contribution in [0.25, 0.3) is 0 Å². The van der Waals surface area contributed by atoms with Crippen LogP contribution in [0.2, 0.25) is 10.0 Å². The lowest BCUT2D eigenvalue weighted by atomic mass is 10.0. The average Bonchev–Trinajstić information content (AvgIpc) is 2.85. The average molecular weight is 507 g/mol. The molecule has 4 rings (SSSR count). The minimum absolute atomic E-state index is 0.319. The molecule has 3 N–H and O–H groups in total. The van der Waals surface area contributed by atoms with E-state index >= 15 is 0 Å². The van der Waals surface area contributed by atoms with Gasteiger partial charge in [-0.15, -0.1) is 0 Å². The summed E-state index contributed by atoms with van der Waals surface area (Å²) >= 11 is 12.2. The lowest BCUT2D eigenvalue weighted by molar-refractivity contribution is -0.119. The van der Waals surface area contributed by atoms with Gasteiger partial charge in [0.1, 0.15) is 6.04 Å². The van der Waals surface area contributed by atoms with Crippen molar-refractivity contribution in [2.75, 3.05) is 5.32 Å². The number of nitrogens with one attached hydrogen (secondary N) is 2. The quantitative estimate of drug-likeness (QED) is 0.475. The first kappa shape index (κ1) is 24.2. The molecule has 3 amide bonds. The van der Waals surface area contributed by atoms with Crippen molar-refractivity contribution in [1.29, 1.82) is 0 Å².